The summed E-state index contributed by atoms with van der Waals surface area (Å²) in [7, 11) is 0. The Morgan fingerprint density at radius 2 is 1.26 bits per heavy atom. The van der Waals surface area contributed by atoms with Crippen LogP contribution in [0.5, 0.6) is 0 Å². The summed E-state index contributed by atoms with van der Waals surface area (Å²) in [5.41, 5.74) is 19.4. The number of carbonyl (C=O) groups excluding carboxylic acids is 2. The molecule has 0 heterocycles. The van der Waals surface area contributed by atoms with E-state index in [-0.39, 0.29) is 24.7 Å². The van der Waals surface area contributed by atoms with Gasteiger partial charge in [-0.15, -0.1) is 0 Å². The van der Waals surface area contributed by atoms with Gasteiger partial charge in [-0.05, 0) is 35.1 Å². The number of benzene rings is 1. The van der Waals surface area contributed by atoms with E-state index in [0.717, 1.165) is 37.1 Å². The third-order valence-electron chi connectivity index (χ3n) is 4.55. The van der Waals surface area contributed by atoms with Crippen LogP contribution in [0.15, 0.2) is 18.2 Å². The standard InChI is InChI=1S/C20H35N5O2/c1-5-14(3)12-22-24-19(26)10-16-7-17(9-18(21)8-16)11-20(27)25-23-13-15(4)6-2/h7-9,14-15,22-23H,5-6,10-13,21H2,1-4H3,(H,24,26)(H,25,27). The summed E-state index contributed by atoms with van der Waals surface area (Å²) in [6, 6.07) is 5.37. The molecule has 1 aromatic carbocycles. The van der Waals surface area contributed by atoms with Gasteiger partial charge in [0, 0.05) is 18.8 Å². The van der Waals surface area contributed by atoms with Crippen LogP contribution in [0, 0.1) is 11.8 Å². The van der Waals surface area contributed by atoms with Crippen molar-refractivity contribution < 1.29 is 9.59 Å². The van der Waals surface area contributed by atoms with Gasteiger partial charge < -0.3 is 5.73 Å². The molecular formula is C20H35N5O2. The summed E-state index contributed by atoms with van der Waals surface area (Å²) < 4.78 is 0. The Balaban J connectivity index is 2.51. The summed E-state index contributed by atoms with van der Waals surface area (Å²) in [6.45, 7) is 9.91. The minimum atomic E-state index is -0.130. The Hall–Kier alpha value is -2.12. The van der Waals surface area contributed by atoms with Crippen molar-refractivity contribution in [2.75, 3.05) is 18.8 Å². The zero-order valence-corrected chi connectivity index (χ0v) is 17.0. The van der Waals surface area contributed by atoms with Crippen LogP contribution in [0.4, 0.5) is 5.69 Å². The van der Waals surface area contributed by atoms with E-state index in [1.807, 2.05) is 6.07 Å². The molecule has 0 spiro atoms. The van der Waals surface area contributed by atoms with Crippen LogP contribution in [-0.2, 0) is 22.4 Å². The summed E-state index contributed by atoms with van der Waals surface area (Å²) in [5, 5.41) is 0. The molecule has 2 atom stereocenters. The van der Waals surface area contributed by atoms with Crippen LogP contribution in [0.2, 0.25) is 0 Å². The zero-order chi connectivity index (χ0) is 20.2. The highest BCUT2D eigenvalue weighted by atomic mass is 16.2. The third kappa shape index (κ3) is 9.96. The molecular weight excluding hydrogens is 342 g/mol. The highest BCUT2D eigenvalue weighted by Gasteiger charge is 2.09. The molecule has 1 aromatic rings. The molecule has 0 aliphatic heterocycles. The lowest BCUT2D eigenvalue weighted by Crippen LogP contribution is -2.40. The van der Waals surface area contributed by atoms with E-state index in [4.69, 9.17) is 5.73 Å². The lowest BCUT2D eigenvalue weighted by Gasteiger charge is -2.13. The summed E-state index contributed by atoms with van der Waals surface area (Å²) >= 11 is 0. The van der Waals surface area contributed by atoms with Gasteiger partial charge in [-0.25, -0.2) is 10.9 Å². The molecule has 6 N–H and O–H groups in total. The van der Waals surface area contributed by atoms with Crippen molar-refractivity contribution in [3.63, 3.8) is 0 Å². The molecule has 2 unspecified atom stereocenters. The fourth-order valence-corrected chi connectivity index (χ4v) is 2.39. The molecule has 0 aromatic heterocycles. The van der Waals surface area contributed by atoms with Crippen LogP contribution >= 0.6 is 0 Å². The number of nitrogens with two attached hydrogens (primary N) is 1. The molecule has 0 aliphatic carbocycles. The minimum Gasteiger partial charge on any atom is -0.399 e. The normalized spacial score (nSPS) is 13.0. The van der Waals surface area contributed by atoms with Crippen molar-refractivity contribution in [2.45, 2.75) is 53.4 Å². The first-order valence-corrected chi connectivity index (χ1v) is 9.75. The molecule has 0 fully saturated rings. The van der Waals surface area contributed by atoms with Gasteiger partial charge in [-0.1, -0.05) is 46.6 Å². The number of hydrogen-bond acceptors (Lipinski definition) is 5. The number of hydrogen-bond donors (Lipinski definition) is 5. The molecule has 27 heavy (non-hydrogen) atoms. The Labute approximate surface area is 162 Å². The predicted octanol–water partition coefficient (Wildman–Crippen LogP) is 1.69. The lowest BCUT2D eigenvalue weighted by molar-refractivity contribution is -0.122. The first-order valence-electron chi connectivity index (χ1n) is 9.75. The van der Waals surface area contributed by atoms with Gasteiger partial charge in [0.2, 0.25) is 11.8 Å². The fourth-order valence-electron chi connectivity index (χ4n) is 2.39. The largest absolute Gasteiger partial charge is 0.399 e. The molecule has 0 aliphatic rings. The van der Waals surface area contributed by atoms with E-state index in [9.17, 15) is 9.59 Å². The SMILES string of the molecule is CCC(C)CNNC(=O)Cc1cc(N)cc(CC(=O)NNCC(C)CC)c1. The van der Waals surface area contributed by atoms with Crippen LogP contribution in [0.25, 0.3) is 0 Å². The van der Waals surface area contributed by atoms with E-state index in [0.29, 0.717) is 17.5 Å². The first kappa shape index (κ1) is 22.9. The van der Waals surface area contributed by atoms with Crippen LogP contribution in [0.1, 0.15) is 51.7 Å². The third-order valence-corrected chi connectivity index (χ3v) is 4.55. The first-order chi connectivity index (χ1) is 12.8. The predicted molar refractivity (Wildman–Crippen MR) is 109 cm³/mol. The van der Waals surface area contributed by atoms with Crippen LogP contribution < -0.4 is 27.4 Å². The van der Waals surface area contributed by atoms with Gasteiger partial charge >= 0.3 is 0 Å². The van der Waals surface area contributed by atoms with E-state index >= 15 is 0 Å². The van der Waals surface area contributed by atoms with Gasteiger partial charge in [-0.2, -0.15) is 0 Å². The second-order valence-electron chi connectivity index (χ2n) is 7.32. The number of amides is 2. The topological polar surface area (TPSA) is 108 Å². The zero-order valence-electron chi connectivity index (χ0n) is 17.0. The molecule has 7 heteroatoms. The number of carbonyl (C=O) groups is 2. The molecule has 7 nitrogen and oxygen atoms in total. The van der Waals surface area contributed by atoms with Crippen molar-refractivity contribution in [1.29, 1.82) is 0 Å². The van der Waals surface area contributed by atoms with E-state index in [1.165, 1.54) is 0 Å². The Morgan fingerprint density at radius 1 is 0.852 bits per heavy atom. The molecule has 2 amide bonds. The number of nitrogen functional groups attached to an aromatic ring is 1. The second-order valence-corrected chi connectivity index (χ2v) is 7.32. The fraction of sp³-hybridized carbons (Fsp3) is 0.600. The maximum Gasteiger partial charge on any atom is 0.238 e. The molecule has 0 radical (unpaired) electrons. The molecule has 0 saturated carbocycles. The minimum absolute atomic E-state index is 0.130. The number of hydrazine groups is 2. The summed E-state index contributed by atoms with van der Waals surface area (Å²) in [6.07, 6.45) is 2.52. The quantitative estimate of drug-likeness (QED) is 0.281. The number of nitrogens with one attached hydrogen (secondary N) is 4. The summed E-state index contributed by atoms with van der Waals surface area (Å²) in [4.78, 5) is 24.1. The highest BCUT2D eigenvalue weighted by Crippen LogP contribution is 2.13. The molecule has 0 saturated heterocycles. The van der Waals surface area contributed by atoms with Crippen molar-refractivity contribution >= 4 is 17.5 Å². The maximum absolute atomic E-state index is 12.1. The number of anilines is 1. The Bertz CT molecular complexity index is 558. The molecule has 1 rings (SSSR count). The van der Waals surface area contributed by atoms with Gasteiger partial charge in [0.25, 0.3) is 0 Å². The number of rotatable bonds is 12. The Kier molecular flexibility index (Phi) is 10.4. The van der Waals surface area contributed by atoms with Gasteiger partial charge in [0.1, 0.15) is 0 Å². The monoisotopic (exact) mass is 377 g/mol. The van der Waals surface area contributed by atoms with Gasteiger partial charge in [0.05, 0.1) is 12.8 Å². The van der Waals surface area contributed by atoms with Crippen molar-refractivity contribution in [1.82, 2.24) is 21.7 Å². The van der Waals surface area contributed by atoms with Crippen LogP contribution in [-0.4, -0.2) is 24.9 Å². The van der Waals surface area contributed by atoms with E-state index in [2.05, 4.69) is 49.4 Å². The van der Waals surface area contributed by atoms with E-state index < -0.39 is 0 Å². The maximum atomic E-state index is 12.1. The van der Waals surface area contributed by atoms with Crippen molar-refractivity contribution in [2.24, 2.45) is 11.8 Å². The summed E-state index contributed by atoms with van der Waals surface area (Å²) in [5.74, 6) is 0.734. The van der Waals surface area contributed by atoms with Crippen LogP contribution in [0.3, 0.4) is 0 Å². The lowest BCUT2D eigenvalue weighted by atomic mass is 10.0. The smallest absolute Gasteiger partial charge is 0.238 e. The van der Waals surface area contributed by atoms with Crippen molar-refractivity contribution in [3.8, 4) is 0 Å². The molecule has 0 bridgehead atoms. The average molecular weight is 378 g/mol. The van der Waals surface area contributed by atoms with Gasteiger partial charge in [-0.3, -0.25) is 20.4 Å². The average Bonchev–Trinajstić information content (AvgIpc) is 2.60. The Morgan fingerprint density at radius 3 is 1.63 bits per heavy atom. The van der Waals surface area contributed by atoms with Crippen molar-refractivity contribution in [3.05, 3.63) is 29.3 Å². The highest BCUT2D eigenvalue weighted by molar-refractivity contribution is 5.80. The molecule has 152 valence electrons. The van der Waals surface area contributed by atoms with E-state index in [1.54, 1.807) is 12.1 Å². The second kappa shape index (κ2) is 12.3. The van der Waals surface area contributed by atoms with Gasteiger partial charge in [0.15, 0.2) is 0 Å².